The van der Waals surface area contributed by atoms with Gasteiger partial charge < -0.3 is 25.8 Å². The summed E-state index contributed by atoms with van der Waals surface area (Å²) >= 11 is 0. The van der Waals surface area contributed by atoms with Crippen LogP contribution in [0.4, 0.5) is 16.4 Å². The highest BCUT2D eigenvalue weighted by Gasteiger charge is 2.24. The number of nitrogens with one attached hydrogen (secondary N) is 1. The number of benzene rings is 2. The number of hydrogen-bond donors (Lipinski definition) is 3. The van der Waals surface area contributed by atoms with Gasteiger partial charge in [0, 0.05) is 48.0 Å². The Bertz CT molecular complexity index is 1440. The average Bonchev–Trinajstić information content (AvgIpc) is 2.88. The molecular formula is C27H28N6O3. The van der Waals surface area contributed by atoms with E-state index in [9.17, 15) is 9.90 Å². The summed E-state index contributed by atoms with van der Waals surface area (Å²) < 4.78 is 6.41. The molecule has 1 unspecified atom stereocenters. The highest BCUT2D eigenvalue weighted by molar-refractivity contribution is 5.99. The quantitative estimate of drug-likeness (QED) is 0.328. The van der Waals surface area contributed by atoms with Crippen molar-refractivity contribution < 1.29 is 14.6 Å². The molecule has 3 heterocycles. The number of carboxylic acid groups (broad SMARTS) is 1. The summed E-state index contributed by atoms with van der Waals surface area (Å²) in [7, 11) is 0. The number of nitrogens with two attached hydrogens (primary N) is 1. The molecule has 1 aliphatic heterocycles. The van der Waals surface area contributed by atoms with Crippen LogP contribution in [0.3, 0.4) is 0 Å². The molecule has 1 aliphatic rings. The Morgan fingerprint density at radius 1 is 1.08 bits per heavy atom. The number of carbonyl (C=O) groups is 1. The van der Waals surface area contributed by atoms with E-state index in [4.69, 9.17) is 15.5 Å². The molecule has 0 spiro atoms. The fourth-order valence-electron chi connectivity index (χ4n) is 4.55. The summed E-state index contributed by atoms with van der Waals surface area (Å²) in [4.78, 5) is 26.3. The number of nitrogens with zero attached hydrogens (tertiary/aromatic N) is 4. The van der Waals surface area contributed by atoms with Gasteiger partial charge in [0.2, 0.25) is 11.8 Å². The number of hydrogen-bond acceptors (Lipinski definition) is 7. The molecular weight excluding hydrogens is 456 g/mol. The second-order valence-electron chi connectivity index (χ2n) is 9.04. The average molecular weight is 485 g/mol. The molecule has 2 aromatic heterocycles. The first-order valence-electron chi connectivity index (χ1n) is 11.9. The van der Waals surface area contributed by atoms with Crippen LogP contribution in [0, 0.1) is 13.8 Å². The highest BCUT2D eigenvalue weighted by Crippen LogP contribution is 2.38. The Balaban J connectivity index is 1.46. The molecule has 1 saturated heterocycles. The Hall–Kier alpha value is -4.40. The van der Waals surface area contributed by atoms with Gasteiger partial charge in [-0.05, 0) is 56.0 Å². The van der Waals surface area contributed by atoms with Gasteiger partial charge in [0.05, 0.1) is 11.3 Å². The number of fused-ring (bicyclic) bond motifs is 1. The van der Waals surface area contributed by atoms with Gasteiger partial charge in [-0.1, -0.05) is 24.3 Å². The van der Waals surface area contributed by atoms with E-state index in [0.717, 1.165) is 46.0 Å². The lowest BCUT2D eigenvalue weighted by molar-refractivity contribution is 0.132. The smallest absolute Gasteiger partial charge is 0.407 e. The topological polar surface area (TPSA) is 126 Å². The van der Waals surface area contributed by atoms with E-state index in [0.29, 0.717) is 36.4 Å². The van der Waals surface area contributed by atoms with Crippen molar-refractivity contribution in [1.82, 2.24) is 19.9 Å². The standard InChI is InChI=1S/C27H28N6O3/c1-16-7-10-20-19(23(16)28)9-8-17(2)24(20)36-25-21(6-3-12-29-25)22-11-13-30-26(32-22)31-18-5-4-14-33(15-18)27(34)35/h3,6-13,18H,4-5,14-15,28H2,1-2H3,(H,34,35)(H,30,31,32). The van der Waals surface area contributed by atoms with Crippen molar-refractivity contribution in [3.8, 4) is 22.9 Å². The molecule has 4 N–H and O–H groups in total. The first kappa shape index (κ1) is 23.3. The number of likely N-dealkylation sites (tertiary alicyclic amines) is 1. The van der Waals surface area contributed by atoms with Crippen LogP contribution in [0.1, 0.15) is 24.0 Å². The van der Waals surface area contributed by atoms with Gasteiger partial charge in [0.25, 0.3) is 0 Å². The molecule has 1 fully saturated rings. The van der Waals surface area contributed by atoms with Crippen molar-refractivity contribution in [2.24, 2.45) is 0 Å². The summed E-state index contributed by atoms with van der Waals surface area (Å²) in [5.41, 5.74) is 10.4. The zero-order valence-electron chi connectivity index (χ0n) is 20.2. The number of pyridine rings is 1. The molecule has 1 atom stereocenters. The predicted molar refractivity (Wildman–Crippen MR) is 139 cm³/mol. The fourth-order valence-corrected chi connectivity index (χ4v) is 4.55. The van der Waals surface area contributed by atoms with Gasteiger partial charge in [0.15, 0.2) is 0 Å². The van der Waals surface area contributed by atoms with Crippen molar-refractivity contribution in [3.05, 3.63) is 66.0 Å². The molecule has 0 radical (unpaired) electrons. The lowest BCUT2D eigenvalue weighted by Crippen LogP contribution is -2.44. The SMILES string of the molecule is Cc1ccc2c(Oc3ncccc3-c3ccnc(NC4CCCN(C(=O)O)C4)n3)c(C)ccc2c1N. The lowest BCUT2D eigenvalue weighted by Gasteiger charge is -2.31. The third-order valence-electron chi connectivity index (χ3n) is 6.53. The Morgan fingerprint density at radius 2 is 1.89 bits per heavy atom. The third-order valence-corrected chi connectivity index (χ3v) is 6.53. The monoisotopic (exact) mass is 484 g/mol. The number of aromatic nitrogens is 3. The van der Waals surface area contributed by atoms with E-state index in [1.54, 1.807) is 18.5 Å². The van der Waals surface area contributed by atoms with Crippen LogP contribution in [0.15, 0.2) is 54.9 Å². The van der Waals surface area contributed by atoms with Crippen LogP contribution in [0.5, 0.6) is 11.6 Å². The predicted octanol–water partition coefficient (Wildman–Crippen LogP) is 5.24. The normalized spacial score (nSPS) is 15.6. The van der Waals surface area contributed by atoms with Gasteiger partial charge in [-0.15, -0.1) is 0 Å². The first-order valence-corrected chi connectivity index (χ1v) is 11.9. The van der Waals surface area contributed by atoms with Crippen molar-refractivity contribution >= 4 is 28.5 Å². The van der Waals surface area contributed by atoms with Gasteiger partial charge in [0.1, 0.15) is 5.75 Å². The molecule has 2 aromatic carbocycles. The molecule has 184 valence electrons. The largest absolute Gasteiger partial charge is 0.465 e. The van der Waals surface area contributed by atoms with Crippen molar-refractivity contribution in [3.63, 3.8) is 0 Å². The van der Waals surface area contributed by atoms with Crippen molar-refractivity contribution in [2.45, 2.75) is 32.7 Å². The maximum atomic E-state index is 11.4. The van der Waals surface area contributed by atoms with Crippen molar-refractivity contribution in [1.29, 1.82) is 0 Å². The van der Waals surface area contributed by atoms with Gasteiger partial charge >= 0.3 is 6.09 Å². The summed E-state index contributed by atoms with van der Waals surface area (Å²) in [5, 5.41) is 14.5. The fraction of sp³-hybridized carbons (Fsp3) is 0.259. The van der Waals surface area contributed by atoms with Crippen LogP contribution < -0.4 is 15.8 Å². The van der Waals surface area contributed by atoms with E-state index in [2.05, 4.69) is 15.3 Å². The van der Waals surface area contributed by atoms with Crippen LogP contribution in [0.2, 0.25) is 0 Å². The Labute approximate surface area is 209 Å². The Morgan fingerprint density at radius 3 is 2.72 bits per heavy atom. The molecule has 0 saturated carbocycles. The van der Waals surface area contributed by atoms with E-state index >= 15 is 0 Å². The van der Waals surface area contributed by atoms with Crippen molar-refractivity contribution in [2.75, 3.05) is 24.1 Å². The van der Waals surface area contributed by atoms with Crippen LogP contribution in [-0.2, 0) is 0 Å². The second kappa shape index (κ2) is 9.69. The summed E-state index contributed by atoms with van der Waals surface area (Å²) in [6.07, 6.45) is 4.08. The zero-order valence-corrected chi connectivity index (χ0v) is 20.2. The molecule has 5 rings (SSSR count). The zero-order chi connectivity index (χ0) is 25.2. The minimum absolute atomic E-state index is 0.0537. The van der Waals surface area contributed by atoms with Crippen LogP contribution >= 0.6 is 0 Å². The van der Waals surface area contributed by atoms with Crippen LogP contribution in [-0.4, -0.2) is 50.2 Å². The van der Waals surface area contributed by atoms with Gasteiger partial charge in [-0.25, -0.2) is 19.7 Å². The molecule has 1 amide bonds. The molecule has 9 nitrogen and oxygen atoms in total. The first-order chi connectivity index (χ1) is 17.4. The number of rotatable bonds is 5. The van der Waals surface area contributed by atoms with E-state index in [1.165, 1.54) is 4.90 Å². The number of aryl methyl sites for hydroxylation is 2. The number of piperidine rings is 1. The van der Waals surface area contributed by atoms with Gasteiger partial charge in [-0.3, -0.25) is 0 Å². The van der Waals surface area contributed by atoms with Crippen LogP contribution in [0.25, 0.3) is 22.0 Å². The van der Waals surface area contributed by atoms with E-state index in [1.807, 2.05) is 50.2 Å². The molecule has 0 aliphatic carbocycles. The second-order valence-corrected chi connectivity index (χ2v) is 9.04. The molecule has 4 aromatic rings. The Kier molecular flexibility index (Phi) is 6.28. The number of ether oxygens (including phenoxy) is 1. The summed E-state index contributed by atoms with van der Waals surface area (Å²) in [6.45, 7) is 4.92. The number of anilines is 2. The third kappa shape index (κ3) is 4.59. The van der Waals surface area contributed by atoms with E-state index in [-0.39, 0.29) is 6.04 Å². The maximum absolute atomic E-state index is 11.4. The maximum Gasteiger partial charge on any atom is 0.407 e. The number of nitrogen functional groups attached to an aromatic ring is 1. The highest BCUT2D eigenvalue weighted by atomic mass is 16.5. The molecule has 36 heavy (non-hydrogen) atoms. The summed E-state index contributed by atoms with van der Waals surface area (Å²) in [6, 6.07) is 13.5. The van der Waals surface area contributed by atoms with E-state index < -0.39 is 6.09 Å². The lowest BCUT2D eigenvalue weighted by atomic mass is 10.0. The number of amides is 1. The molecule has 9 heteroatoms. The minimum atomic E-state index is -0.908. The minimum Gasteiger partial charge on any atom is -0.465 e. The van der Waals surface area contributed by atoms with Gasteiger partial charge in [-0.2, -0.15) is 0 Å². The molecule has 0 bridgehead atoms. The summed E-state index contributed by atoms with van der Waals surface area (Å²) in [5.74, 6) is 1.55.